The fraction of sp³-hybridized carbons (Fsp3) is 0.375. The fourth-order valence-electron chi connectivity index (χ4n) is 4.40. The lowest BCUT2D eigenvalue weighted by atomic mass is 9.84. The molecular weight excluding hydrogens is 318 g/mol. The minimum Gasteiger partial charge on any atom is -0.371 e. The van der Waals surface area contributed by atoms with Crippen molar-refractivity contribution in [3.05, 3.63) is 70.3 Å². The van der Waals surface area contributed by atoms with Gasteiger partial charge in [0.1, 0.15) is 0 Å². The summed E-state index contributed by atoms with van der Waals surface area (Å²) < 4.78 is 0. The topological polar surface area (TPSA) is 20.3 Å². The summed E-state index contributed by atoms with van der Waals surface area (Å²) in [6, 6.07) is 2.33. The van der Waals surface area contributed by atoms with E-state index >= 15 is 0 Å². The number of aldehydes is 1. The minimum absolute atomic E-state index is 0.716. The van der Waals surface area contributed by atoms with Gasteiger partial charge >= 0.3 is 0 Å². The molecule has 136 valence electrons. The summed E-state index contributed by atoms with van der Waals surface area (Å²) >= 11 is 0. The van der Waals surface area contributed by atoms with Crippen LogP contribution in [0.25, 0.3) is 6.08 Å². The summed E-state index contributed by atoms with van der Waals surface area (Å²) in [5.74, 6) is 0. The van der Waals surface area contributed by atoms with E-state index < -0.39 is 0 Å². The first-order valence-electron chi connectivity index (χ1n) is 9.78. The van der Waals surface area contributed by atoms with Crippen molar-refractivity contribution in [3.63, 3.8) is 0 Å². The lowest BCUT2D eigenvalue weighted by molar-refractivity contribution is -0.104. The van der Waals surface area contributed by atoms with Crippen LogP contribution >= 0.6 is 0 Å². The quantitative estimate of drug-likeness (QED) is 0.399. The molecule has 1 aromatic carbocycles. The number of allylic oxidation sites excluding steroid dienone is 6. The van der Waals surface area contributed by atoms with Gasteiger partial charge in [0.05, 0.1) is 0 Å². The normalized spacial score (nSPS) is 17.4. The molecule has 0 amide bonds. The highest BCUT2D eigenvalue weighted by Crippen LogP contribution is 2.39. The molecule has 2 heterocycles. The number of rotatable bonds is 6. The molecule has 0 bridgehead atoms. The van der Waals surface area contributed by atoms with Crippen molar-refractivity contribution in [2.24, 2.45) is 0 Å². The maximum atomic E-state index is 11.8. The van der Waals surface area contributed by atoms with Crippen LogP contribution in [0, 0.1) is 0 Å². The van der Waals surface area contributed by atoms with Gasteiger partial charge in [0.2, 0.25) is 0 Å². The molecule has 0 spiro atoms. The van der Waals surface area contributed by atoms with Crippen LogP contribution in [0.4, 0.5) is 5.69 Å². The summed E-state index contributed by atoms with van der Waals surface area (Å²) in [7, 11) is 0. The van der Waals surface area contributed by atoms with Crippen LogP contribution in [-0.2, 0) is 24.1 Å². The monoisotopic (exact) mass is 347 g/mol. The first-order chi connectivity index (χ1) is 12.7. The average molecular weight is 348 g/mol. The van der Waals surface area contributed by atoms with Crippen LogP contribution in [0.3, 0.4) is 0 Å². The maximum absolute atomic E-state index is 11.8. The SMILES string of the molecule is C=C/C=C(\C=C/C)C(/C=O)=C/c1cc2c3c(c1CC)CCCN3CCC2. The van der Waals surface area contributed by atoms with Gasteiger partial charge in [-0.25, -0.2) is 0 Å². The van der Waals surface area contributed by atoms with Gasteiger partial charge in [-0.1, -0.05) is 37.8 Å². The zero-order valence-electron chi connectivity index (χ0n) is 16.1. The van der Waals surface area contributed by atoms with Gasteiger partial charge in [-0.2, -0.15) is 0 Å². The van der Waals surface area contributed by atoms with Crippen molar-refractivity contribution in [2.45, 2.75) is 46.0 Å². The molecule has 0 radical (unpaired) electrons. The minimum atomic E-state index is 0.716. The molecule has 1 aromatic rings. The number of benzene rings is 1. The summed E-state index contributed by atoms with van der Waals surface area (Å²) in [6.45, 7) is 10.3. The van der Waals surface area contributed by atoms with Crippen molar-refractivity contribution in [1.29, 1.82) is 0 Å². The Morgan fingerprint density at radius 2 is 2.00 bits per heavy atom. The predicted octanol–water partition coefficient (Wildman–Crippen LogP) is 5.22. The number of anilines is 1. The number of aryl methyl sites for hydroxylation is 1. The van der Waals surface area contributed by atoms with Crippen LogP contribution in [0.5, 0.6) is 0 Å². The molecule has 0 atom stereocenters. The zero-order valence-corrected chi connectivity index (χ0v) is 16.1. The number of hydrogen-bond donors (Lipinski definition) is 0. The highest BCUT2D eigenvalue weighted by atomic mass is 16.1. The van der Waals surface area contributed by atoms with E-state index in [-0.39, 0.29) is 0 Å². The highest BCUT2D eigenvalue weighted by Gasteiger charge is 2.26. The molecular formula is C24H29NO. The molecule has 0 fully saturated rings. The largest absolute Gasteiger partial charge is 0.371 e. The van der Waals surface area contributed by atoms with E-state index in [4.69, 9.17) is 0 Å². The maximum Gasteiger partial charge on any atom is 0.150 e. The predicted molar refractivity (Wildman–Crippen MR) is 112 cm³/mol. The summed E-state index contributed by atoms with van der Waals surface area (Å²) in [6.07, 6.45) is 16.4. The average Bonchev–Trinajstić information content (AvgIpc) is 2.66. The second-order valence-corrected chi connectivity index (χ2v) is 7.05. The second kappa shape index (κ2) is 8.35. The van der Waals surface area contributed by atoms with Crippen molar-refractivity contribution in [2.75, 3.05) is 18.0 Å². The van der Waals surface area contributed by atoms with Gasteiger partial charge in [-0.3, -0.25) is 4.79 Å². The smallest absolute Gasteiger partial charge is 0.150 e. The molecule has 2 heteroatoms. The third-order valence-corrected chi connectivity index (χ3v) is 5.45. The second-order valence-electron chi connectivity index (χ2n) is 7.05. The summed E-state index contributed by atoms with van der Waals surface area (Å²) in [5.41, 5.74) is 8.73. The number of carbonyl (C=O) groups excluding carboxylic acids is 1. The molecule has 2 nitrogen and oxygen atoms in total. The van der Waals surface area contributed by atoms with E-state index in [0.717, 1.165) is 31.1 Å². The first-order valence-corrected chi connectivity index (χ1v) is 9.78. The van der Waals surface area contributed by atoms with Crippen LogP contribution in [0.1, 0.15) is 48.9 Å². The standard InChI is InChI=1S/C24H29NO/c1-4-9-18(10-5-2)21(17-26)16-20-15-19-11-7-13-25-14-8-12-23(24(19)25)22(20)6-3/h4-5,9-10,15-17H,1,6-8,11-14H2,2-3H3/b10-5-,18-9+,21-16+. The van der Waals surface area contributed by atoms with Crippen molar-refractivity contribution >= 4 is 18.0 Å². The van der Waals surface area contributed by atoms with Crippen LogP contribution in [0.2, 0.25) is 0 Å². The summed E-state index contributed by atoms with van der Waals surface area (Å²) in [5, 5.41) is 0. The fourth-order valence-corrected chi connectivity index (χ4v) is 4.40. The number of nitrogens with zero attached hydrogens (tertiary/aromatic N) is 1. The Hall–Kier alpha value is -2.35. The van der Waals surface area contributed by atoms with Crippen LogP contribution < -0.4 is 4.90 Å². The van der Waals surface area contributed by atoms with Gasteiger partial charge in [0, 0.05) is 24.4 Å². The van der Waals surface area contributed by atoms with Gasteiger partial charge in [-0.05, 0) is 79.0 Å². The lowest BCUT2D eigenvalue weighted by Crippen LogP contribution is -2.35. The van der Waals surface area contributed by atoms with Crippen molar-refractivity contribution < 1.29 is 4.79 Å². The van der Waals surface area contributed by atoms with Crippen LogP contribution in [0.15, 0.2) is 48.1 Å². The molecule has 26 heavy (non-hydrogen) atoms. The molecule has 2 aliphatic rings. The van der Waals surface area contributed by atoms with E-state index in [1.54, 1.807) is 6.08 Å². The third kappa shape index (κ3) is 3.46. The zero-order chi connectivity index (χ0) is 18.5. The first kappa shape index (κ1) is 18.4. The van der Waals surface area contributed by atoms with Crippen molar-refractivity contribution in [3.8, 4) is 0 Å². The van der Waals surface area contributed by atoms with Gasteiger partial charge in [-0.15, -0.1) is 0 Å². The number of carbonyl (C=O) groups is 1. The van der Waals surface area contributed by atoms with E-state index in [1.807, 2.05) is 25.2 Å². The molecule has 0 aromatic heterocycles. The molecule has 0 saturated heterocycles. The molecule has 2 aliphatic heterocycles. The van der Waals surface area contributed by atoms with E-state index in [1.165, 1.54) is 53.9 Å². The van der Waals surface area contributed by atoms with E-state index in [9.17, 15) is 4.79 Å². The molecule has 0 saturated carbocycles. The Kier molecular flexibility index (Phi) is 5.92. The Morgan fingerprint density at radius 1 is 1.23 bits per heavy atom. The Balaban J connectivity index is 2.17. The highest BCUT2D eigenvalue weighted by molar-refractivity contribution is 5.90. The Morgan fingerprint density at radius 3 is 2.65 bits per heavy atom. The van der Waals surface area contributed by atoms with Gasteiger partial charge in [0.15, 0.2) is 6.29 Å². The third-order valence-electron chi connectivity index (χ3n) is 5.45. The van der Waals surface area contributed by atoms with Crippen molar-refractivity contribution in [1.82, 2.24) is 0 Å². The Labute approximate surface area is 157 Å². The van der Waals surface area contributed by atoms with E-state index in [2.05, 4.69) is 30.5 Å². The van der Waals surface area contributed by atoms with Gasteiger partial charge in [0.25, 0.3) is 0 Å². The van der Waals surface area contributed by atoms with Crippen LogP contribution in [-0.4, -0.2) is 19.4 Å². The number of hydrogen-bond acceptors (Lipinski definition) is 2. The molecule has 0 unspecified atom stereocenters. The molecule has 0 N–H and O–H groups in total. The molecule has 3 rings (SSSR count). The molecule has 0 aliphatic carbocycles. The van der Waals surface area contributed by atoms with Gasteiger partial charge < -0.3 is 4.90 Å². The summed E-state index contributed by atoms with van der Waals surface area (Å²) in [4.78, 5) is 14.4. The Bertz CT molecular complexity index is 793. The van der Waals surface area contributed by atoms with E-state index in [0.29, 0.717) is 5.57 Å². The lowest BCUT2D eigenvalue weighted by Gasteiger charge is -2.38.